The van der Waals surface area contributed by atoms with Crippen molar-refractivity contribution in [2.45, 2.75) is 30.6 Å². The number of nitrogens with one attached hydrogen (secondary N) is 1. The molecule has 1 aromatic carbocycles. The van der Waals surface area contributed by atoms with Gasteiger partial charge in [0.2, 0.25) is 5.91 Å². The number of aromatic nitrogens is 4. The number of benzene rings is 1. The molecule has 176 valence electrons. The fourth-order valence-corrected chi connectivity index (χ4v) is 6.24. The van der Waals surface area contributed by atoms with E-state index in [0.29, 0.717) is 43.4 Å². The van der Waals surface area contributed by atoms with Gasteiger partial charge in [0.15, 0.2) is 19.9 Å². The first-order chi connectivity index (χ1) is 16.5. The van der Waals surface area contributed by atoms with E-state index in [-0.39, 0.29) is 23.3 Å². The first kappa shape index (κ1) is 23.3. The molecule has 0 spiro atoms. The summed E-state index contributed by atoms with van der Waals surface area (Å²) in [5.74, 6) is -0.683. The molecule has 1 fully saturated rings. The van der Waals surface area contributed by atoms with Crippen LogP contribution in [0, 0.1) is 9.77 Å². The van der Waals surface area contributed by atoms with Gasteiger partial charge in [0.25, 0.3) is 5.56 Å². The molecule has 1 atom stereocenters. The smallest absolute Gasteiger partial charge is 0.278 e. The van der Waals surface area contributed by atoms with E-state index >= 15 is 0 Å². The van der Waals surface area contributed by atoms with Crippen molar-refractivity contribution in [3.63, 3.8) is 0 Å². The van der Waals surface area contributed by atoms with E-state index in [9.17, 15) is 14.0 Å². The number of anilines is 1. The summed E-state index contributed by atoms with van der Waals surface area (Å²) in [5, 5.41) is 5.29. The second-order valence-corrected chi connectivity index (χ2v) is 10.9. The predicted molar refractivity (Wildman–Crippen MR) is 134 cm³/mol. The highest BCUT2D eigenvalue weighted by molar-refractivity contribution is 7.99. The van der Waals surface area contributed by atoms with Crippen molar-refractivity contribution in [2.24, 2.45) is 0 Å². The number of thiazole rings is 2. The zero-order valence-corrected chi connectivity index (χ0v) is 20.9. The number of hydrogen-bond acceptors (Lipinski definition) is 9. The van der Waals surface area contributed by atoms with Crippen LogP contribution in [0.2, 0.25) is 0 Å². The third kappa shape index (κ3) is 4.84. The maximum atomic E-state index is 13.6. The molecule has 1 aliphatic rings. The summed E-state index contributed by atoms with van der Waals surface area (Å²) in [6.07, 6.45) is 3.53. The second-order valence-electron chi connectivity index (χ2n) is 7.45. The van der Waals surface area contributed by atoms with Crippen molar-refractivity contribution in [1.82, 2.24) is 19.1 Å². The molecule has 0 aliphatic carbocycles. The lowest BCUT2D eigenvalue weighted by Crippen LogP contribution is -2.23. The summed E-state index contributed by atoms with van der Waals surface area (Å²) < 4.78 is 23.5. The number of carbonyl (C=O) groups is 1. The molecular formula is C21H18FN5O3S4. The van der Waals surface area contributed by atoms with E-state index in [0.717, 1.165) is 24.6 Å². The van der Waals surface area contributed by atoms with Crippen LogP contribution in [0.1, 0.15) is 12.8 Å². The van der Waals surface area contributed by atoms with Gasteiger partial charge in [-0.2, -0.15) is 0 Å². The average Bonchev–Trinajstić information content (AvgIpc) is 3.58. The fraction of sp³-hybridized carbons (Fsp3) is 0.286. The van der Waals surface area contributed by atoms with E-state index in [1.165, 1.54) is 51.5 Å². The van der Waals surface area contributed by atoms with Crippen LogP contribution in [-0.4, -0.2) is 43.5 Å². The molecule has 1 saturated heterocycles. The summed E-state index contributed by atoms with van der Waals surface area (Å²) in [4.78, 5) is 34.8. The van der Waals surface area contributed by atoms with Gasteiger partial charge in [-0.05, 0) is 49.3 Å². The topological polar surface area (TPSA) is 91.0 Å². The second kappa shape index (κ2) is 10.0. The Kier molecular flexibility index (Phi) is 6.88. The third-order valence-corrected chi connectivity index (χ3v) is 8.22. The van der Waals surface area contributed by atoms with E-state index in [1.54, 1.807) is 11.6 Å². The van der Waals surface area contributed by atoms with Crippen LogP contribution in [-0.2, 0) is 16.1 Å². The Balaban J connectivity index is 1.55. The predicted octanol–water partition coefficient (Wildman–Crippen LogP) is 4.48. The standard InChI is InChI=1S/C21H18FN5O3S4/c22-12-3-5-13(6-4-12)27-18(29)16-17(26(21(31)34-16)10-14-2-1-8-30-14)25-20(27)33-11-15(28)24-19-23-7-9-32-19/h3-7,9,14H,1-2,8,10-11H2,(H,23,24,28)/t14-/m1/s1. The lowest BCUT2D eigenvalue weighted by Gasteiger charge is -2.14. The van der Waals surface area contributed by atoms with E-state index in [2.05, 4.69) is 10.3 Å². The van der Waals surface area contributed by atoms with Gasteiger partial charge in [0, 0.05) is 18.2 Å². The van der Waals surface area contributed by atoms with Crippen molar-refractivity contribution in [1.29, 1.82) is 0 Å². The van der Waals surface area contributed by atoms with Crippen LogP contribution in [0.25, 0.3) is 16.0 Å². The molecule has 8 nitrogen and oxygen atoms in total. The summed E-state index contributed by atoms with van der Waals surface area (Å²) in [5.41, 5.74) is 0.604. The summed E-state index contributed by atoms with van der Waals surface area (Å²) in [6.45, 7) is 1.22. The molecule has 1 amide bonds. The maximum Gasteiger partial charge on any atom is 0.278 e. The van der Waals surface area contributed by atoms with Crippen molar-refractivity contribution >= 4 is 68.0 Å². The molecule has 1 aliphatic heterocycles. The van der Waals surface area contributed by atoms with Crippen LogP contribution in [0.3, 0.4) is 0 Å². The van der Waals surface area contributed by atoms with Crippen LogP contribution >= 0.6 is 46.7 Å². The monoisotopic (exact) mass is 535 g/mol. The molecule has 5 rings (SSSR count). The summed E-state index contributed by atoms with van der Waals surface area (Å²) in [6, 6.07) is 5.57. The van der Waals surface area contributed by atoms with Crippen molar-refractivity contribution in [3.05, 3.63) is 56.0 Å². The Labute approximate surface area is 210 Å². The zero-order chi connectivity index (χ0) is 23.7. The molecule has 13 heteroatoms. The van der Waals surface area contributed by atoms with Gasteiger partial charge in [-0.3, -0.25) is 14.2 Å². The zero-order valence-electron chi connectivity index (χ0n) is 17.6. The van der Waals surface area contributed by atoms with Crippen molar-refractivity contribution < 1.29 is 13.9 Å². The molecule has 4 heterocycles. The Morgan fingerprint density at radius 3 is 2.88 bits per heavy atom. The lowest BCUT2D eigenvalue weighted by atomic mass is 10.2. The SMILES string of the molecule is O=C(CSc1nc2c(sc(=S)n2C[C@H]2CCCO2)c(=O)n1-c1ccc(F)cc1)Nc1nccs1. The first-order valence-corrected chi connectivity index (χ1v) is 13.4. The van der Waals surface area contributed by atoms with Crippen molar-refractivity contribution in [2.75, 3.05) is 17.7 Å². The molecule has 0 unspecified atom stereocenters. The minimum atomic E-state index is -0.416. The molecule has 0 saturated carbocycles. The van der Waals surface area contributed by atoms with Gasteiger partial charge < -0.3 is 14.6 Å². The third-order valence-electron chi connectivity index (χ3n) is 5.16. The highest BCUT2D eigenvalue weighted by atomic mass is 32.2. The minimum absolute atomic E-state index is 0.00925. The highest BCUT2D eigenvalue weighted by Crippen LogP contribution is 2.27. The summed E-state index contributed by atoms with van der Waals surface area (Å²) >= 11 is 9.17. The van der Waals surface area contributed by atoms with Gasteiger partial charge in [0.1, 0.15) is 10.5 Å². The van der Waals surface area contributed by atoms with E-state index in [1.807, 2.05) is 4.57 Å². The number of carbonyl (C=O) groups excluding carboxylic acids is 1. The van der Waals surface area contributed by atoms with Gasteiger partial charge >= 0.3 is 0 Å². The Hall–Kier alpha value is -2.45. The van der Waals surface area contributed by atoms with Crippen LogP contribution in [0.4, 0.5) is 9.52 Å². The van der Waals surface area contributed by atoms with Gasteiger partial charge in [0.05, 0.1) is 24.1 Å². The first-order valence-electron chi connectivity index (χ1n) is 10.4. The number of hydrogen-bond donors (Lipinski definition) is 1. The van der Waals surface area contributed by atoms with Crippen LogP contribution in [0.5, 0.6) is 0 Å². The largest absolute Gasteiger partial charge is 0.376 e. The molecule has 1 N–H and O–H groups in total. The van der Waals surface area contributed by atoms with Crippen LogP contribution < -0.4 is 10.9 Å². The Morgan fingerprint density at radius 2 is 2.18 bits per heavy atom. The molecular weight excluding hydrogens is 518 g/mol. The number of fused-ring (bicyclic) bond motifs is 1. The lowest BCUT2D eigenvalue weighted by molar-refractivity contribution is -0.113. The van der Waals surface area contributed by atoms with Gasteiger partial charge in [-0.15, -0.1) is 11.3 Å². The Bertz CT molecular complexity index is 1440. The fourth-order valence-electron chi connectivity index (χ4n) is 3.61. The number of halogens is 1. The molecule has 3 aromatic heterocycles. The molecule has 0 bridgehead atoms. The molecule has 4 aromatic rings. The normalized spacial score (nSPS) is 15.7. The number of amides is 1. The maximum absolute atomic E-state index is 13.6. The number of ether oxygens (including phenoxy) is 1. The Morgan fingerprint density at radius 1 is 1.35 bits per heavy atom. The average molecular weight is 536 g/mol. The minimum Gasteiger partial charge on any atom is -0.376 e. The quantitative estimate of drug-likeness (QED) is 0.212. The number of nitrogens with zero attached hydrogens (tertiary/aromatic N) is 4. The van der Waals surface area contributed by atoms with Crippen LogP contribution in [0.15, 0.2) is 45.8 Å². The van der Waals surface area contributed by atoms with Crippen molar-refractivity contribution in [3.8, 4) is 5.69 Å². The van der Waals surface area contributed by atoms with Gasteiger partial charge in [-0.25, -0.2) is 14.4 Å². The van der Waals surface area contributed by atoms with E-state index < -0.39 is 5.82 Å². The van der Waals surface area contributed by atoms with Gasteiger partial charge in [-0.1, -0.05) is 23.1 Å². The molecule has 34 heavy (non-hydrogen) atoms. The number of thioether (sulfide) groups is 1. The highest BCUT2D eigenvalue weighted by Gasteiger charge is 2.22. The number of rotatable bonds is 7. The summed E-state index contributed by atoms with van der Waals surface area (Å²) in [7, 11) is 0. The molecule has 0 radical (unpaired) electrons. The van der Waals surface area contributed by atoms with E-state index in [4.69, 9.17) is 21.9 Å².